The molecule has 0 bridgehead atoms. The van der Waals surface area contributed by atoms with E-state index in [0.717, 1.165) is 43.5 Å². The molecule has 0 aliphatic heterocycles. The van der Waals surface area contributed by atoms with Crippen LogP contribution in [0.4, 0.5) is 0 Å². The number of fused-ring (bicyclic) bond motifs is 1. The van der Waals surface area contributed by atoms with E-state index in [4.69, 9.17) is 9.15 Å². The molecule has 0 saturated carbocycles. The third-order valence-corrected chi connectivity index (χ3v) is 3.63. The summed E-state index contributed by atoms with van der Waals surface area (Å²) in [5.74, 6) is 0. The quantitative estimate of drug-likeness (QED) is 0.580. The molecule has 1 aromatic carbocycles. The number of ether oxygens (including phenoxy) is 1. The van der Waals surface area contributed by atoms with Crippen LogP contribution in [0.1, 0.15) is 24.5 Å². The number of nitrogens with zero attached hydrogens (tertiary/aromatic N) is 1. The van der Waals surface area contributed by atoms with Crippen molar-refractivity contribution in [2.24, 2.45) is 0 Å². The average Bonchev–Trinajstić information content (AvgIpc) is 2.46. The van der Waals surface area contributed by atoms with E-state index in [9.17, 15) is 4.79 Å². The van der Waals surface area contributed by atoms with Crippen molar-refractivity contribution in [1.82, 2.24) is 4.90 Å². The Hall–Kier alpha value is -1.65. The maximum absolute atomic E-state index is 11.7. The molecule has 0 spiro atoms. The molecule has 4 nitrogen and oxygen atoms in total. The summed E-state index contributed by atoms with van der Waals surface area (Å²) in [6, 6.07) is 7.71. The maximum atomic E-state index is 11.7. The molecule has 2 rings (SSSR count). The van der Waals surface area contributed by atoms with E-state index >= 15 is 0 Å². The summed E-state index contributed by atoms with van der Waals surface area (Å²) in [5.41, 5.74) is 2.60. The second-order valence-electron chi connectivity index (χ2n) is 5.36. The number of benzene rings is 1. The van der Waals surface area contributed by atoms with Crippen LogP contribution < -0.4 is 5.63 Å². The van der Waals surface area contributed by atoms with Gasteiger partial charge in [-0.15, -0.1) is 0 Å². The predicted octanol–water partition coefficient (Wildman–Crippen LogP) is 2.82. The molecule has 1 heterocycles. The van der Waals surface area contributed by atoms with Crippen molar-refractivity contribution in [2.75, 3.05) is 27.3 Å². The number of rotatable bonds is 7. The number of aryl methyl sites for hydroxylation is 1. The zero-order valence-corrected chi connectivity index (χ0v) is 13.0. The van der Waals surface area contributed by atoms with Crippen LogP contribution in [-0.2, 0) is 17.7 Å². The highest BCUT2D eigenvalue weighted by atomic mass is 16.5. The molecule has 2 aromatic rings. The standard InChI is InChI=1S/C17H23NO3/c1-4-13-6-7-15-14(11-17(19)21-16(15)10-13)12-18(2)8-5-9-20-3/h6-7,10-11H,4-5,8-9,12H2,1-3H3. The summed E-state index contributed by atoms with van der Waals surface area (Å²) in [6.07, 6.45) is 1.91. The molecule has 0 N–H and O–H groups in total. The molecule has 0 unspecified atom stereocenters. The van der Waals surface area contributed by atoms with Crippen LogP contribution in [0.3, 0.4) is 0 Å². The molecular weight excluding hydrogens is 266 g/mol. The smallest absolute Gasteiger partial charge is 0.336 e. The van der Waals surface area contributed by atoms with E-state index in [-0.39, 0.29) is 5.63 Å². The zero-order valence-electron chi connectivity index (χ0n) is 13.0. The van der Waals surface area contributed by atoms with Gasteiger partial charge in [-0.1, -0.05) is 19.1 Å². The number of hydrogen-bond donors (Lipinski definition) is 0. The molecule has 1 aromatic heterocycles. The van der Waals surface area contributed by atoms with Crippen LogP contribution in [0.15, 0.2) is 33.5 Å². The molecule has 114 valence electrons. The van der Waals surface area contributed by atoms with Gasteiger partial charge in [0.15, 0.2) is 0 Å². The van der Waals surface area contributed by atoms with E-state index < -0.39 is 0 Å². The summed E-state index contributed by atoms with van der Waals surface area (Å²) in [7, 11) is 3.76. The molecule has 0 aliphatic rings. The van der Waals surface area contributed by atoms with Gasteiger partial charge in [-0.3, -0.25) is 0 Å². The molecule has 21 heavy (non-hydrogen) atoms. The second-order valence-corrected chi connectivity index (χ2v) is 5.36. The van der Waals surface area contributed by atoms with Gasteiger partial charge in [-0.2, -0.15) is 0 Å². The Bertz CT molecular complexity index is 648. The van der Waals surface area contributed by atoms with Crippen LogP contribution in [0, 0.1) is 0 Å². The summed E-state index contributed by atoms with van der Waals surface area (Å²) in [5, 5.41) is 1.02. The van der Waals surface area contributed by atoms with E-state index in [0.29, 0.717) is 5.58 Å². The fourth-order valence-electron chi connectivity index (χ4n) is 2.47. The minimum absolute atomic E-state index is 0.281. The highest BCUT2D eigenvalue weighted by Crippen LogP contribution is 2.20. The summed E-state index contributed by atoms with van der Waals surface area (Å²) in [4.78, 5) is 13.9. The van der Waals surface area contributed by atoms with E-state index in [2.05, 4.69) is 31.0 Å². The monoisotopic (exact) mass is 289 g/mol. The van der Waals surface area contributed by atoms with Crippen molar-refractivity contribution >= 4 is 11.0 Å². The van der Waals surface area contributed by atoms with Gasteiger partial charge >= 0.3 is 5.63 Å². The minimum atomic E-state index is -0.281. The number of methoxy groups -OCH3 is 1. The van der Waals surface area contributed by atoms with Crippen molar-refractivity contribution < 1.29 is 9.15 Å². The Morgan fingerprint density at radius 2 is 2.10 bits per heavy atom. The normalized spacial score (nSPS) is 11.4. The maximum Gasteiger partial charge on any atom is 0.336 e. The Labute approximate surface area is 125 Å². The van der Waals surface area contributed by atoms with E-state index in [1.807, 2.05) is 6.07 Å². The van der Waals surface area contributed by atoms with Gasteiger partial charge in [-0.25, -0.2) is 4.79 Å². The first-order valence-electron chi connectivity index (χ1n) is 7.37. The van der Waals surface area contributed by atoms with Gasteiger partial charge in [0.2, 0.25) is 0 Å². The van der Waals surface area contributed by atoms with Crippen molar-refractivity contribution in [2.45, 2.75) is 26.3 Å². The van der Waals surface area contributed by atoms with Gasteiger partial charge in [0.25, 0.3) is 0 Å². The minimum Gasteiger partial charge on any atom is -0.423 e. The van der Waals surface area contributed by atoms with Crippen LogP contribution in [0.5, 0.6) is 0 Å². The Kier molecular flexibility index (Phi) is 5.53. The van der Waals surface area contributed by atoms with Crippen LogP contribution in [0.2, 0.25) is 0 Å². The van der Waals surface area contributed by atoms with Crippen molar-refractivity contribution in [1.29, 1.82) is 0 Å². The summed E-state index contributed by atoms with van der Waals surface area (Å²) in [6.45, 7) is 4.51. The van der Waals surface area contributed by atoms with Gasteiger partial charge in [-0.05, 0) is 37.1 Å². The topological polar surface area (TPSA) is 42.7 Å². The predicted molar refractivity (Wildman–Crippen MR) is 84.7 cm³/mol. The Morgan fingerprint density at radius 3 is 2.81 bits per heavy atom. The third kappa shape index (κ3) is 4.16. The molecule has 0 saturated heterocycles. The summed E-state index contributed by atoms with van der Waals surface area (Å²) < 4.78 is 10.4. The van der Waals surface area contributed by atoms with Crippen molar-refractivity contribution in [3.8, 4) is 0 Å². The molecule has 0 atom stereocenters. The van der Waals surface area contributed by atoms with Crippen LogP contribution >= 0.6 is 0 Å². The number of hydrogen-bond acceptors (Lipinski definition) is 4. The fourth-order valence-corrected chi connectivity index (χ4v) is 2.47. The first-order valence-corrected chi connectivity index (χ1v) is 7.37. The molecule has 0 radical (unpaired) electrons. The van der Waals surface area contributed by atoms with Crippen molar-refractivity contribution in [3.05, 3.63) is 45.8 Å². The van der Waals surface area contributed by atoms with E-state index in [1.54, 1.807) is 13.2 Å². The highest BCUT2D eigenvalue weighted by Gasteiger charge is 2.08. The van der Waals surface area contributed by atoms with Crippen molar-refractivity contribution in [3.63, 3.8) is 0 Å². The molecule has 4 heteroatoms. The third-order valence-electron chi connectivity index (χ3n) is 3.63. The first-order chi connectivity index (χ1) is 10.1. The molecule has 0 amide bonds. The Morgan fingerprint density at radius 1 is 1.29 bits per heavy atom. The van der Waals surface area contributed by atoms with Gasteiger partial charge in [0.05, 0.1) is 0 Å². The summed E-state index contributed by atoms with van der Waals surface area (Å²) >= 11 is 0. The fraction of sp³-hybridized carbons (Fsp3) is 0.471. The molecule has 0 fully saturated rings. The lowest BCUT2D eigenvalue weighted by Gasteiger charge is -2.17. The lowest BCUT2D eigenvalue weighted by atomic mass is 10.1. The first kappa shape index (κ1) is 15.7. The molecular formula is C17H23NO3. The van der Waals surface area contributed by atoms with Gasteiger partial charge in [0, 0.05) is 38.3 Å². The second kappa shape index (κ2) is 7.38. The molecule has 0 aliphatic carbocycles. The van der Waals surface area contributed by atoms with E-state index in [1.165, 1.54) is 5.56 Å². The van der Waals surface area contributed by atoms with Gasteiger partial charge < -0.3 is 14.1 Å². The Balaban J connectivity index is 2.24. The van der Waals surface area contributed by atoms with Crippen LogP contribution in [0.25, 0.3) is 11.0 Å². The zero-order chi connectivity index (χ0) is 15.2. The largest absolute Gasteiger partial charge is 0.423 e. The lowest BCUT2D eigenvalue weighted by molar-refractivity contribution is 0.178. The average molecular weight is 289 g/mol. The van der Waals surface area contributed by atoms with Gasteiger partial charge in [0.1, 0.15) is 5.58 Å². The highest BCUT2D eigenvalue weighted by molar-refractivity contribution is 5.80. The van der Waals surface area contributed by atoms with Crippen LogP contribution in [-0.4, -0.2) is 32.2 Å². The SMILES string of the molecule is CCc1ccc2c(CN(C)CCCOC)cc(=O)oc2c1. The lowest BCUT2D eigenvalue weighted by Crippen LogP contribution is -2.21.